The van der Waals surface area contributed by atoms with Crippen LogP contribution in [0, 0.1) is 0 Å². The predicted octanol–water partition coefficient (Wildman–Crippen LogP) is 2.66. The van der Waals surface area contributed by atoms with Crippen LogP contribution in [-0.4, -0.2) is 37.4 Å². The number of hydrogen-bond donors (Lipinski definition) is 0. The van der Waals surface area contributed by atoms with Crippen molar-refractivity contribution in [3.63, 3.8) is 0 Å². The number of aryl methyl sites for hydroxylation is 2. The second kappa shape index (κ2) is 5.62. The first-order chi connectivity index (χ1) is 11.2. The minimum absolute atomic E-state index is 0.0488. The first-order valence-electron chi connectivity index (χ1n) is 6.94. The minimum Gasteiger partial charge on any atom is -0.335 e. The Kier molecular flexibility index (Phi) is 3.86. The molecule has 0 fully saturated rings. The summed E-state index contributed by atoms with van der Waals surface area (Å²) in [7, 11) is 4.79. The van der Waals surface area contributed by atoms with Crippen molar-refractivity contribution >= 4 is 27.5 Å². The van der Waals surface area contributed by atoms with Gasteiger partial charge in [-0.15, -0.1) is 11.3 Å². The lowest BCUT2D eigenvalue weighted by Crippen LogP contribution is -2.26. The van der Waals surface area contributed by atoms with Crippen LogP contribution in [0.4, 0.5) is 13.2 Å². The van der Waals surface area contributed by atoms with E-state index in [1.165, 1.54) is 18.0 Å². The molecule has 0 aliphatic rings. The normalized spacial score (nSPS) is 12.1. The molecule has 3 aromatic rings. The van der Waals surface area contributed by atoms with E-state index in [1.807, 2.05) is 0 Å². The van der Waals surface area contributed by atoms with Gasteiger partial charge in [0.15, 0.2) is 5.69 Å². The Hall–Kier alpha value is -2.36. The molecule has 6 nitrogen and oxygen atoms in total. The van der Waals surface area contributed by atoms with Gasteiger partial charge in [-0.1, -0.05) is 0 Å². The summed E-state index contributed by atoms with van der Waals surface area (Å²) in [5, 5.41) is 7.48. The highest BCUT2D eigenvalue weighted by molar-refractivity contribution is 7.20. The Balaban J connectivity index is 1.92. The van der Waals surface area contributed by atoms with Gasteiger partial charge in [-0.05, 0) is 12.1 Å². The molecule has 128 valence electrons. The van der Waals surface area contributed by atoms with Crippen molar-refractivity contribution in [3.05, 3.63) is 34.6 Å². The Morgan fingerprint density at radius 1 is 1.33 bits per heavy atom. The Bertz CT molecular complexity index is 907. The number of rotatable bonds is 3. The van der Waals surface area contributed by atoms with E-state index in [9.17, 15) is 18.0 Å². The summed E-state index contributed by atoms with van der Waals surface area (Å²) in [6.45, 7) is 0.313. The standard InChI is InChI=1S/C14H14F3N5OS/c1-20(7-8-4-5-18-21(8)2)12(23)10-6-9-11(14(15,16)17)19-22(3)13(9)24-10/h4-6H,7H2,1-3H3. The molecule has 0 bridgehead atoms. The molecule has 24 heavy (non-hydrogen) atoms. The summed E-state index contributed by atoms with van der Waals surface area (Å²) in [5.74, 6) is -0.342. The van der Waals surface area contributed by atoms with Gasteiger partial charge >= 0.3 is 6.18 Å². The van der Waals surface area contributed by atoms with Crippen molar-refractivity contribution in [2.75, 3.05) is 7.05 Å². The average molecular weight is 357 g/mol. The van der Waals surface area contributed by atoms with Crippen LogP contribution in [0.1, 0.15) is 21.1 Å². The smallest absolute Gasteiger partial charge is 0.335 e. The average Bonchev–Trinajstić information content (AvgIpc) is 3.15. The number of aromatic nitrogens is 4. The summed E-state index contributed by atoms with van der Waals surface area (Å²) in [5.41, 5.74) is -0.144. The maximum Gasteiger partial charge on any atom is 0.435 e. The number of nitrogens with zero attached hydrogens (tertiary/aromatic N) is 5. The highest BCUT2D eigenvalue weighted by Gasteiger charge is 2.37. The van der Waals surface area contributed by atoms with E-state index in [0.29, 0.717) is 11.4 Å². The minimum atomic E-state index is -4.55. The van der Waals surface area contributed by atoms with E-state index in [0.717, 1.165) is 21.7 Å². The van der Waals surface area contributed by atoms with Crippen molar-refractivity contribution < 1.29 is 18.0 Å². The van der Waals surface area contributed by atoms with E-state index in [-0.39, 0.29) is 16.2 Å². The number of amides is 1. The van der Waals surface area contributed by atoms with Gasteiger partial charge < -0.3 is 4.90 Å². The molecule has 0 unspecified atom stereocenters. The molecule has 10 heteroatoms. The molecule has 0 spiro atoms. The van der Waals surface area contributed by atoms with Gasteiger partial charge in [-0.25, -0.2) is 0 Å². The van der Waals surface area contributed by atoms with Crippen LogP contribution in [0.2, 0.25) is 0 Å². The van der Waals surface area contributed by atoms with Crippen molar-refractivity contribution in [1.82, 2.24) is 24.5 Å². The molecular formula is C14H14F3N5OS. The van der Waals surface area contributed by atoms with Gasteiger partial charge in [-0.3, -0.25) is 14.2 Å². The molecule has 0 aliphatic heterocycles. The number of alkyl halides is 3. The Morgan fingerprint density at radius 2 is 2.04 bits per heavy atom. The number of fused-ring (bicyclic) bond motifs is 1. The van der Waals surface area contributed by atoms with Crippen LogP contribution in [-0.2, 0) is 26.8 Å². The van der Waals surface area contributed by atoms with E-state index < -0.39 is 11.9 Å². The number of carbonyl (C=O) groups is 1. The van der Waals surface area contributed by atoms with E-state index in [2.05, 4.69) is 10.2 Å². The van der Waals surface area contributed by atoms with Gasteiger partial charge in [-0.2, -0.15) is 23.4 Å². The lowest BCUT2D eigenvalue weighted by Gasteiger charge is -2.16. The third-order valence-corrected chi connectivity index (χ3v) is 4.85. The fourth-order valence-corrected chi connectivity index (χ4v) is 3.48. The first kappa shape index (κ1) is 16.5. The molecule has 1 amide bonds. The van der Waals surface area contributed by atoms with Crippen LogP contribution in [0.5, 0.6) is 0 Å². The van der Waals surface area contributed by atoms with Crippen molar-refractivity contribution in [3.8, 4) is 0 Å². The monoisotopic (exact) mass is 357 g/mol. The predicted molar refractivity (Wildman–Crippen MR) is 82.6 cm³/mol. The van der Waals surface area contributed by atoms with E-state index in [1.54, 1.807) is 31.0 Å². The zero-order chi connectivity index (χ0) is 17.6. The van der Waals surface area contributed by atoms with Crippen LogP contribution >= 0.6 is 11.3 Å². The molecular weight excluding hydrogens is 343 g/mol. The fraction of sp³-hybridized carbons (Fsp3) is 0.357. The van der Waals surface area contributed by atoms with Gasteiger partial charge in [0.1, 0.15) is 4.83 Å². The topological polar surface area (TPSA) is 56.0 Å². The fourth-order valence-electron chi connectivity index (χ4n) is 2.41. The number of halogens is 3. The highest BCUT2D eigenvalue weighted by Crippen LogP contribution is 2.37. The summed E-state index contributed by atoms with van der Waals surface area (Å²) < 4.78 is 41.9. The molecule has 3 aromatic heterocycles. The van der Waals surface area contributed by atoms with Gasteiger partial charge in [0.25, 0.3) is 5.91 Å². The van der Waals surface area contributed by atoms with Crippen LogP contribution < -0.4 is 0 Å². The van der Waals surface area contributed by atoms with Crippen molar-refractivity contribution in [1.29, 1.82) is 0 Å². The maximum atomic E-state index is 13.0. The lowest BCUT2D eigenvalue weighted by molar-refractivity contribution is -0.140. The SMILES string of the molecule is CN(Cc1ccnn1C)C(=O)c1cc2c(C(F)(F)F)nn(C)c2s1. The third kappa shape index (κ3) is 2.77. The molecule has 0 saturated heterocycles. The zero-order valence-corrected chi connectivity index (χ0v) is 13.9. The van der Waals surface area contributed by atoms with Gasteiger partial charge in [0.2, 0.25) is 0 Å². The molecule has 3 rings (SSSR count). The molecule has 0 atom stereocenters. The van der Waals surface area contributed by atoms with Gasteiger partial charge in [0.05, 0.1) is 17.1 Å². The molecule has 0 N–H and O–H groups in total. The highest BCUT2D eigenvalue weighted by atomic mass is 32.1. The lowest BCUT2D eigenvalue weighted by atomic mass is 10.2. The second-order valence-electron chi connectivity index (χ2n) is 5.41. The molecule has 0 radical (unpaired) electrons. The van der Waals surface area contributed by atoms with Crippen LogP contribution in [0.15, 0.2) is 18.3 Å². The van der Waals surface area contributed by atoms with Crippen molar-refractivity contribution in [2.45, 2.75) is 12.7 Å². The van der Waals surface area contributed by atoms with Gasteiger partial charge in [0, 0.05) is 32.7 Å². The summed E-state index contributed by atoms with van der Waals surface area (Å²) in [4.78, 5) is 14.5. The number of thiophene rings is 1. The van der Waals surface area contributed by atoms with Crippen molar-refractivity contribution in [2.24, 2.45) is 14.1 Å². The summed E-state index contributed by atoms with van der Waals surface area (Å²) in [6.07, 6.45) is -2.93. The number of carbonyl (C=O) groups excluding carboxylic acids is 1. The summed E-state index contributed by atoms with van der Waals surface area (Å²) in [6, 6.07) is 3.04. The Labute approximate surface area is 139 Å². The second-order valence-corrected chi connectivity index (χ2v) is 6.44. The molecule has 0 saturated carbocycles. The number of hydrogen-bond acceptors (Lipinski definition) is 4. The van der Waals surface area contributed by atoms with Crippen LogP contribution in [0.25, 0.3) is 10.2 Å². The summed E-state index contributed by atoms with van der Waals surface area (Å²) >= 11 is 1.00. The molecule has 0 aliphatic carbocycles. The maximum absolute atomic E-state index is 13.0. The molecule has 0 aromatic carbocycles. The molecule has 3 heterocycles. The quantitative estimate of drug-likeness (QED) is 0.724. The largest absolute Gasteiger partial charge is 0.435 e. The van der Waals surface area contributed by atoms with Crippen LogP contribution in [0.3, 0.4) is 0 Å². The Morgan fingerprint density at radius 3 is 2.62 bits per heavy atom. The first-order valence-corrected chi connectivity index (χ1v) is 7.76. The zero-order valence-electron chi connectivity index (χ0n) is 13.1. The van der Waals surface area contributed by atoms with E-state index >= 15 is 0 Å². The third-order valence-electron chi connectivity index (χ3n) is 3.66. The van der Waals surface area contributed by atoms with E-state index in [4.69, 9.17) is 0 Å².